The van der Waals surface area contributed by atoms with Crippen LogP contribution in [0, 0.1) is 5.92 Å². The van der Waals surface area contributed by atoms with Gasteiger partial charge in [0.05, 0.1) is 0 Å². The zero-order valence-electron chi connectivity index (χ0n) is 17.8. The number of fused-ring (bicyclic) bond motifs is 1. The molecule has 2 aromatic carbocycles. The van der Waals surface area contributed by atoms with E-state index >= 15 is 0 Å². The highest BCUT2D eigenvalue weighted by atomic mass is 32.2. The third kappa shape index (κ3) is 3.66. The summed E-state index contributed by atoms with van der Waals surface area (Å²) in [4.78, 5) is 39.8. The van der Waals surface area contributed by atoms with Gasteiger partial charge in [-0.2, -0.15) is 0 Å². The Bertz CT molecular complexity index is 1030. The number of carbonyl (C=O) groups excluding carboxylic acids is 2. The zero-order chi connectivity index (χ0) is 22.9. The lowest BCUT2D eigenvalue weighted by molar-refractivity contribution is -0.174. The van der Waals surface area contributed by atoms with Crippen molar-refractivity contribution < 1.29 is 24.2 Å². The standard InChI is InChI=1S/C23H25N3O5S/c1-14-13-32-22-23(15-7-6-8-16(11-15)24-2,21(30)26(22)19(14)20(28)29)25-18(27)12-31-17-9-4-3-5-10-17/h3-11,14,19,22,24H,12-13H2,1-2H3,(H,25,27)(H,28,29)/t14?,19?,22-,23?/m0/s1. The third-order valence-electron chi connectivity index (χ3n) is 5.86. The van der Waals surface area contributed by atoms with Crippen molar-refractivity contribution in [2.75, 3.05) is 24.7 Å². The third-order valence-corrected chi connectivity index (χ3v) is 7.47. The topological polar surface area (TPSA) is 108 Å². The van der Waals surface area contributed by atoms with E-state index in [0.717, 1.165) is 5.69 Å². The number of nitrogens with one attached hydrogen (secondary N) is 2. The number of carboxylic acids is 1. The fourth-order valence-corrected chi connectivity index (χ4v) is 5.90. The van der Waals surface area contributed by atoms with Crippen LogP contribution >= 0.6 is 11.8 Å². The highest BCUT2D eigenvalue weighted by Gasteiger charge is 2.67. The molecule has 3 N–H and O–H groups in total. The number of carbonyl (C=O) groups is 3. The molecule has 2 fully saturated rings. The number of β-lactam (4-membered cyclic amide) rings is 1. The number of benzene rings is 2. The summed E-state index contributed by atoms with van der Waals surface area (Å²) >= 11 is 1.48. The van der Waals surface area contributed by atoms with Gasteiger partial charge in [-0.3, -0.25) is 9.59 Å². The van der Waals surface area contributed by atoms with Crippen LogP contribution in [0.4, 0.5) is 5.69 Å². The van der Waals surface area contributed by atoms with Gasteiger partial charge >= 0.3 is 5.97 Å². The predicted octanol–water partition coefficient (Wildman–Crippen LogP) is 2.12. The number of rotatable bonds is 7. The van der Waals surface area contributed by atoms with Gasteiger partial charge in [-0.05, 0) is 35.7 Å². The first kappa shape index (κ1) is 22.0. The molecular formula is C23H25N3O5S. The van der Waals surface area contributed by atoms with Crippen molar-refractivity contribution in [2.45, 2.75) is 23.9 Å². The van der Waals surface area contributed by atoms with E-state index in [-0.39, 0.29) is 12.5 Å². The van der Waals surface area contributed by atoms with Crippen LogP contribution in [0.2, 0.25) is 0 Å². The smallest absolute Gasteiger partial charge is 0.326 e. The monoisotopic (exact) mass is 455 g/mol. The van der Waals surface area contributed by atoms with Crippen LogP contribution in [-0.4, -0.2) is 58.6 Å². The SMILES string of the molecule is CNc1cccc(C2(NC(=O)COc3ccccc3)C(=O)N3C(C(=O)O)C(C)CS[C@H]32)c1. The molecule has 2 aliphatic rings. The van der Waals surface area contributed by atoms with Gasteiger partial charge in [0.1, 0.15) is 17.2 Å². The summed E-state index contributed by atoms with van der Waals surface area (Å²) < 4.78 is 5.56. The van der Waals surface area contributed by atoms with Crippen LogP contribution in [-0.2, 0) is 19.9 Å². The maximum atomic E-state index is 13.6. The van der Waals surface area contributed by atoms with Crippen LogP contribution in [0.3, 0.4) is 0 Å². The van der Waals surface area contributed by atoms with E-state index in [4.69, 9.17) is 4.74 Å². The summed E-state index contributed by atoms with van der Waals surface area (Å²) in [6.07, 6.45) is 0. The van der Waals surface area contributed by atoms with Crippen LogP contribution < -0.4 is 15.4 Å². The Kier molecular flexibility index (Phi) is 6.01. The van der Waals surface area contributed by atoms with Gasteiger partial charge in [-0.1, -0.05) is 37.3 Å². The predicted molar refractivity (Wildman–Crippen MR) is 121 cm³/mol. The second-order valence-electron chi connectivity index (χ2n) is 7.95. The number of hydrogen-bond acceptors (Lipinski definition) is 6. The lowest BCUT2D eigenvalue weighted by Gasteiger charge is -2.60. The number of hydrogen-bond donors (Lipinski definition) is 3. The van der Waals surface area contributed by atoms with Gasteiger partial charge in [0, 0.05) is 18.5 Å². The Morgan fingerprint density at radius 1 is 1.22 bits per heavy atom. The van der Waals surface area contributed by atoms with Gasteiger partial charge in [-0.25, -0.2) is 4.79 Å². The van der Waals surface area contributed by atoms with E-state index in [1.807, 2.05) is 25.1 Å². The van der Waals surface area contributed by atoms with Crippen LogP contribution in [0.1, 0.15) is 12.5 Å². The summed E-state index contributed by atoms with van der Waals surface area (Å²) in [6, 6.07) is 15.3. The molecule has 32 heavy (non-hydrogen) atoms. The van der Waals surface area contributed by atoms with Crippen molar-refractivity contribution in [3.63, 3.8) is 0 Å². The molecule has 2 heterocycles. The molecule has 2 saturated heterocycles. The maximum absolute atomic E-state index is 13.6. The first-order valence-corrected chi connectivity index (χ1v) is 11.4. The van der Waals surface area contributed by atoms with Crippen molar-refractivity contribution in [3.8, 4) is 5.75 Å². The number of thioether (sulfide) groups is 1. The van der Waals surface area contributed by atoms with Crippen molar-refractivity contribution >= 4 is 35.2 Å². The molecular weight excluding hydrogens is 430 g/mol. The number of carboxylic acid groups (broad SMARTS) is 1. The van der Waals surface area contributed by atoms with Crippen LogP contribution in [0.15, 0.2) is 54.6 Å². The van der Waals surface area contributed by atoms with E-state index < -0.39 is 34.7 Å². The van der Waals surface area contributed by atoms with Crippen molar-refractivity contribution in [3.05, 3.63) is 60.2 Å². The summed E-state index contributed by atoms with van der Waals surface area (Å²) in [6.45, 7) is 1.56. The molecule has 168 valence electrons. The minimum absolute atomic E-state index is 0.198. The summed E-state index contributed by atoms with van der Waals surface area (Å²) in [5, 5.41) is 15.2. The quantitative estimate of drug-likeness (QED) is 0.549. The Labute approximate surface area is 190 Å². The average Bonchev–Trinajstić information content (AvgIpc) is 2.81. The molecule has 2 amide bonds. The first-order valence-electron chi connectivity index (χ1n) is 10.3. The van der Waals surface area contributed by atoms with Crippen LogP contribution in [0.5, 0.6) is 5.75 Å². The number of anilines is 1. The van der Waals surface area contributed by atoms with E-state index in [1.165, 1.54) is 16.7 Å². The normalized spacial score (nSPS) is 26.5. The molecule has 4 rings (SSSR count). The molecule has 3 unspecified atom stereocenters. The molecule has 0 aromatic heterocycles. The molecule has 0 spiro atoms. The Morgan fingerprint density at radius 2 is 1.97 bits per heavy atom. The van der Waals surface area contributed by atoms with Crippen LogP contribution in [0.25, 0.3) is 0 Å². The van der Waals surface area contributed by atoms with Gasteiger partial charge in [0.15, 0.2) is 12.1 Å². The first-order chi connectivity index (χ1) is 15.4. The number of aliphatic carboxylic acids is 1. The van der Waals surface area contributed by atoms with Gasteiger partial charge in [-0.15, -0.1) is 11.8 Å². The molecule has 0 bridgehead atoms. The number of amides is 2. The molecule has 2 aromatic rings. The van der Waals surface area contributed by atoms with E-state index in [1.54, 1.807) is 43.4 Å². The molecule has 8 nitrogen and oxygen atoms in total. The lowest BCUT2D eigenvalue weighted by Crippen LogP contribution is -2.81. The van der Waals surface area contributed by atoms with Crippen molar-refractivity contribution in [1.29, 1.82) is 0 Å². The largest absolute Gasteiger partial charge is 0.484 e. The minimum Gasteiger partial charge on any atom is -0.484 e. The van der Waals surface area contributed by atoms with E-state index in [9.17, 15) is 19.5 Å². The number of para-hydroxylation sites is 1. The maximum Gasteiger partial charge on any atom is 0.326 e. The fraction of sp³-hybridized carbons (Fsp3) is 0.348. The van der Waals surface area contributed by atoms with Crippen molar-refractivity contribution in [2.24, 2.45) is 5.92 Å². The minimum atomic E-state index is -1.36. The second kappa shape index (κ2) is 8.74. The van der Waals surface area contributed by atoms with Gasteiger partial charge < -0.3 is 25.4 Å². The molecule has 0 radical (unpaired) electrons. The van der Waals surface area contributed by atoms with Gasteiger partial charge in [0.25, 0.3) is 11.8 Å². The Hall–Kier alpha value is -3.20. The van der Waals surface area contributed by atoms with Crippen molar-refractivity contribution in [1.82, 2.24) is 10.2 Å². The molecule has 0 aliphatic carbocycles. The highest BCUT2D eigenvalue weighted by molar-refractivity contribution is 8.00. The Morgan fingerprint density at radius 3 is 2.66 bits per heavy atom. The average molecular weight is 456 g/mol. The summed E-state index contributed by atoms with van der Waals surface area (Å²) in [5.41, 5.74) is 0.0319. The fourth-order valence-electron chi connectivity index (χ4n) is 4.30. The molecule has 0 saturated carbocycles. The summed E-state index contributed by atoms with van der Waals surface area (Å²) in [7, 11) is 1.77. The van der Waals surface area contributed by atoms with E-state index in [2.05, 4.69) is 10.6 Å². The summed E-state index contributed by atoms with van der Waals surface area (Å²) in [5.74, 6) is -1.00. The zero-order valence-corrected chi connectivity index (χ0v) is 18.6. The van der Waals surface area contributed by atoms with E-state index in [0.29, 0.717) is 17.1 Å². The molecule has 4 atom stereocenters. The lowest BCUT2D eigenvalue weighted by atomic mass is 9.77. The molecule has 9 heteroatoms. The number of ether oxygens (including phenoxy) is 1. The molecule has 2 aliphatic heterocycles. The number of nitrogens with zero attached hydrogens (tertiary/aromatic N) is 1. The highest BCUT2D eigenvalue weighted by Crippen LogP contribution is 2.51. The Balaban J connectivity index is 1.65. The second-order valence-corrected chi connectivity index (χ2v) is 9.06. The van der Waals surface area contributed by atoms with Gasteiger partial charge in [0.2, 0.25) is 0 Å².